The van der Waals surface area contributed by atoms with Crippen LogP contribution in [0, 0.1) is 17.6 Å². The lowest BCUT2D eigenvalue weighted by Gasteiger charge is -2.24. The Labute approximate surface area is 128 Å². The van der Waals surface area contributed by atoms with Crippen molar-refractivity contribution in [2.45, 2.75) is 32.4 Å². The molecule has 0 radical (unpaired) electrons. The number of hydrogen-bond donors (Lipinski definition) is 4. The molecule has 22 heavy (non-hydrogen) atoms. The third-order valence-corrected chi connectivity index (χ3v) is 3.06. The quantitative estimate of drug-likeness (QED) is 0.589. The molecule has 0 spiro atoms. The summed E-state index contributed by atoms with van der Waals surface area (Å²) < 4.78 is 26.4. The van der Waals surface area contributed by atoms with Crippen molar-refractivity contribution in [3.63, 3.8) is 0 Å². The number of amides is 1. The summed E-state index contributed by atoms with van der Waals surface area (Å²) in [6.07, 6.45) is -2.32. The maximum Gasteiger partial charge on any atom is 0.404 e. The first-order chi connectivity index (χ1) is 10.3. The SMILES string of the molecule is CC(C)CNC[C@@H](O)[C@H](Cc1cc(F)cc(F)c1)NC(=O)O. The van der Waals surface area contributed by atoms with E-state index < -0.39 is 29.9 Å². The number of carboxylic acid groups (broad SMARTS) is 1. The lowest BCUT2D eigenvalue weighted by atomic mass is 10.0. The second-order valence-corrected chi connectivity index (χ2v) is 5.66. The molecule has 0 unspecified atom stereocenters. The molecular weight excluding hydrogens is 294 g/mol. The molecule has 1 aromatic rings. The molecule has 0 fully saturated rings. The molecular formula is C15H22F2N2O3. The van der Waals surface area contributed by atoms with Crippen LogP contribution in [0.25, 0.3) is 0 Å². The van der Waals surface area contributed by atoms with Gasteiger partial charge in [0.2, 0.25) is 0 Å². The summed E-state index contributed by atoms with van der Waals surface area (Å²) in [7, 11) is 0. The maximum absolute atomic E-state index is 13.2. The summed E-state index contributed by atoms with van der Waals surface area (Å²) in [4.78, 5) is 10.8. The summed E-state index contributed by atoms with van der Waals surface area (Å²) >= 11 is 0. The van der Waals surface area contributed by atoms with Gasteiger partial charge in [-0.25, -0.2) is 13.6 Å². The number of carbonyl (C=O) groups is 1. The van der Waals surface area contributed by atoms with E-state index in [9.17, 15) is 18.7 Å². The first kappa shape index (κ1) is 18.3. The van der Waals surface area contributed by atoms with Crippen LogP contribution in [0.5, 0.6) is 0 Å². The Bertz CT molecular complexity index is 477. The van der Waals surface area contributed by atoms with E-state index in [-0.39, 0.29) is 18.5 Å². The smallest absolute Gasteiger partial charge is 0.404 e. The average Bonchev–Trinajstić information content (AvgIpc) is 2.35. The fourth-order valence-electron chi connectivity index (χ4n) is 2.09. The largest absolute Gasteiger partial charge is 0.465 e. The Morgan fingerprint density at radius 1 is 1.18 bits per heavy atom. The maximum atomic E-state index is 13.2. The van der Waals surface area contributed by atoms with E-state index in [1.54, 1.807) is 0 Å². The zero-order chi connectivity index (χ0) is 16.7. The topological polar surface area (TPSA) is 81.6 Å². The number of aliphatic hydroxyl groups excluding tert-OH is 1. The van der Waals surface area contributed by atoms with E-state index >= 15 is 0 Å². The number of hydrogen-bond acceptors (Lipinski definition) is 3. The molecule has 2 atom stereocenters. The van der Waals surface area contributed by atoms with Gasteiger partial charge in [0.05, 0.1) is 12.1 Å². The second kappa shape index (κ2) is 8.65. The molecule has 0 aliphatic carbocycles. The highest BCUT2D eigenvalue weighted by Crippen LogP contribution is 2.12. The Balaban J connectivity index is 2.72. The molecule has 0 saturated carbocycles. The Kier molecular flexibility index (Phi) is 7.20. The standard InChI is InChI=1S/C15H22F2N2O3/c1-9(2)7-18-8-14(20)13(19-15(21)22)5-10-3-11(16)6-12(17)4-10/h3-4,6,9,13-14,18-20H,5,7-8H2,1-2H3,(H,21,22)/t13-,14+/m0/s1. The molecule has 7 heteroatoms. The van der Waals surface area contributed by atoms with Gasteiger partial charge in [-0.05, 0) is 36.6 Å². The van der Waals surface area contributed by atoms with Crippen LogP contribution in [0.4, 0.5) is 13.6 Å². The summed E-state index contributed by atoms with van der Waals surface area (Å²) in [6.45, 7) is 4.86. The minimum atomic E-state index is -1.30. The predicted molar refractivity (Wildman–Crippen MR) is 78.7 cm³/mol. The normalized spacial score (nSPS) is 13.9. The van der Waals surface area contributed by atoms with Crippen molar-refractivity contribution in [3.05, 3.63) is 35.4 Å². The van der Waals surface area contributed by atoms with Gasteiger partial charge >= 0.3 is 6.09 Å². The van der Waals surface area contributed by atoms with Crippen molar-refractivity contribution >= 4 is 6.09 Å². The fraction of sp³-hybridized carbons (Fsp3) is 0.533. The van der Waals surface area contributed by atoms with E-state index in [1.807, 2.05) is 13.8 Å². The number of rotatable bonds is 8. The molecule has 0 saturated heterocycles. The third kappa shape index (κ3) is 6.82. The number of aliphatic hydroxyl groups is 1. The van der Waals surface area contributed by atoms with E-state index in [1.165, 1.54) is 0 Å². The van der Waals surface area contributed by atoms with Crippen molar-refractivity contribution in [1.82, 2.24) is 10.6 Å². The first-order valence-corrected chi connectivity index (χ1v) is 7.11. The van der Waals surface area contributed by atoms with Crippen molar-refractivity contribution in [2.75, 3.05) is 13.1 Å². The molecule has 0 heterocycles. The summed E-state index contributed by atoms with van der Waals surface area (Å²) in [5.74, 6) is -1.09. The Morgan fingerprint density at radius 2 is 1.77 bits per heavy atom. The van der Waals surface area contributed by atoms with Gasteiger partial charge in [-0.15, -0.1) is 0 Å². The van der Waals surface area contributed by atoms with Crippen LogP contribution in [0.3, 0.4) is 0 Å². The monoisotopic (exact) mass is 316 g/mol. The molecule has 1 rings (SSSR count). The summed E-state index contributed by atoms with van der Waals surface area (Å²) in [6, 6.07) is 2.12. The van der Waals surface area contributed by atoms with Gasteiger partial charge in [-0.1, -0.05) is 13.8 Å². The number of nitrogens with one attached hydrogen (secondary N) is 2. The Hall–Kier alpha value is -1.73. The van der Waals surface area contributed by atoms with Crippen LogP contribution in [0.1, 0.15) is 19.4 Å². The van der Waals surface area contributed by atoms with Crippen LogP contribution in [0.15, 0.2) is 18.2 Å². The minimum Gasteiger partial charge on any atom is -0.465 e. The van der Waals surface area contributed by atoms with Crippen molar-refractivity contribution < 1.29 is 23.8 Å². The van der Waals surface area contributed by atoms with Crippen LogP contribution in [-0.4, -0.2) is 41.5 Å². The molecule has 0 aliphatic rings. The molecule has 0 aliphatic heterocycles. The van der Waals surface area contributed by atoms with Gasteiger partial charge in [-0.2, -0.15) is 0 Å². The average molecular weight is 316 g/mol. The highest BCUT2D eigenvalue weighted by molar-refractivity contribution is 5.65. The van der Waals surface area contributed by atoms with Crippen molar-refractivity contribution in [1.29, 1.82) is 0 Å². The summed E-state index contributed by atoms with van der Waals surface area (Å²) in [5.41, 5.74) is 0.277. The van der Waals surface area contributed by atoms with Crippen molar-refractivity contribution in [3.8, 4) is 0 Å². The molecule has 0 bridgehead atoms. The molecule has 4 N–H and O–H groups in total. The zero-order valence-corrected chi connectivity index (χ0v) is 12.6. The summed E-state index contributed by atoms with van der Waals surface area (Å²) in [5, 5.41) is 24.1. The van der Waals surface area contributed by atoms with Crippen LogP contribution < -0.4 is 10.6 Å². The Morgan fingerprint density at radius 3 is 2.27 bits per heavy atom. The van der Waals surface area contributed by atoms with E-state index in [4.69, 9.17) is 5.11 Å². The zero-order valence-electron chi connectivity index (χ0n) is 12.6. The minimum absolute atomic E-state index is 0.00843. The predicted octanol–water partition coefficient (Wildman–Crippen LogP) is 1.75. The van der Waals surface area contributed by atoms with Gasteiger partial charge in [0.25, 0.3) is 0 Å². The fourth-order valence-corrected chi connectivity index (χ4v) is 2.09. The molecule has 1 amide bonds. The molecule has 124 valence electrons. The molecule has 0 aromatic heterocycles. The van der Waals surface area contributed by atoms with E-state index in [0.717, 1.165) is 18.2 Å². The van der Waals surface area contributed by atoms with E-state index in [2.05, 4.69) is 10.6 Å². The lowest BCUT2D eigenvalue weighted by molar-refractivity contribution is 0.117. The van der Waals surface area contributed by atoms with Crippen LogP contribution in [-0.2, 0) is 6.42 Å². The van der Waals surface area contributed by atoms with Gasteiger partial charge < -0.3 is 20.8 Å². The second-order valence-electron chi connectivity index (χ2n) is 5.66. The number of benzene rings is 1. The third-order valence-electron chi connectivity index (χ3n) is 3.06. The van der Waals surface area contributed by atoms with Gasteiger partial charge in [-0.3, -0.25) is 0 Å². The number of halogens is 2. The molecule has 5 nitrogen and oxygen atoms in total. The van der Waals surface area contributed by atoms with Gasteiger partial charge in [0.15, 0.2) is 0 Å². The first-order valence-electron chi connectivity index (χ1n) is 7.11. The van der Waals surface area contributed by atoms with Crippen LogP contribution >= 0.6 is 0 Å². The van der Waals surface area contributed by atoms with Gasteiger partial charge in [0, 0.05) is 12.6 Å². The van der Waals surface area contributed by atoms with Crippen LogP contribution in [0.2, 0.25) is 0 Å². The highest BCUT2D eigenvalue weighted by Gasteiger charge is 2.22. The lowest BCUT2D eigenvalue weighted by Crippen LogP contribution is -2.48. The van der Waals surface area contributed by atoms with Gasteiger partial charge in [0.1, 0.15) is 11.6 Å². The van der Waals surface area contributed by atoms with Crippen molar-refractivity contribution in [2.24, 2.45) is 5.92 Å². The van der Waals surface area contributed by atoms with E-state index in [0.29, 0.717) is 12.5 Å². The highest BCUT2D eigenvalue weighted by atomic mass is 19.1. The molecule has 1 aromatic carbocycles.